The fourth-order valence-electron chi connectivity index (χ4n) is 3.14. The van der Waals surface area contributed by atoms with Crippen LogP contribution in [0.15, 0.2) is 24.5 Å². The molecule has 136 valence electrons. The summed E-state index contributed by atoms with van der Waals surface area (Å²) in [6, 6.07) is 2.85. The van der Waals surface area contributed by atoms with Crippen molar-refractivity contribution in [2.45, 2.75) is 29.0 Å². The first-order chi connectivity index (χ1) is 12.1. The van der Waals surface area contributed by atoms with Gasteiger partial charge in [-0.3, -0.25) is 4.79 Å². The van der Waals surface area contributed by atoms with Gasteiger partial charge < -0.3 is 24.6 Å². The number of hydrogen-bond donors (Lipinski definition) is 1. The van der Waals surface area contributed by atoms with Crippen LogP contribution in [0.5, 0.6) is 5.75 Å². The number of β-lactam (4-membered cyclic amide) rings is 1. The van der Waals surface area contributed by atoms with Crippen molar-refractivity contribution in [3.63, 3.8) is 0 Å². The van der Waals surface area contributed by atoms with E-state index in [0.29, 0.717) is 18.7 Å². The van der Waals surface area contributed by atoms with Crippen LogP contribution < -0.4 is 14.4 Å². The number of carboxylic acids is 1. The van der Waals surface area contributed by atoms with Crippen LogP contribution >= 0.6 is 23.5 Å². The van der Waals surface area contributed by atoms with Gasteiger partial charge in [-0.2, -0.15) is 0 Å². The third kappa shape index (κ3) is 3.58. The molecule has 2 saturated heterocycles. The maximum absolute atomic E-state index is 12.1. The monoisotopic (exact) mass is 384 g/mol. The van der Waals surface area contributed by atoms with Crippen molar-refractivity contribution in [3.05, 3.63) is 24.5 Å². The number of carbonyl (C=O) groups excluding carboxylic acids is 2. The van der Waals surface area contributed by atoms with Gasteiger partial charge in [0.2, 0.25) is 12.1 Å². The highest BCUT2D eigenvalue weighted by atomic mass is 32.2. The lowest BCUT2D eigenvalue weighted by molar-refractivity contribution is -0.692. The number of fused-ring (bicyclic) bond motifs is 1. The van der Waals surface area contributed by atoms with E-state index in [1.807, 2.05) is 29.1 Å². The Balaban J connectivity index is 1.59. The van der Waals surface area contributed by atoms with Crippen molar-refractivity contribution in [3.8, 4) is 5.75 Å². The Morgan fingerprint density at radius 2 is 2.36 bits per heavy atom. The molecule has 3 rings (SSSR count). The maximum atomic E-state index is 12.1. The summed E-state index contributed by atoms with van der Waals surface area (Å²) >= 11 is 3.02. The number of ether oxygens (including phenoxy) is 1. The van der Waals surface area contributed by atoms with Crippen molar-refractivity contribution in [2.75, 3.05) is 19.5 Å². The molecule has 1 amide bonds. The van der Waals surface area contributed by atoms with Crippen LogP contribution in [0.3, 0.4) is 0 Å². The molecule has 0 aliphatic carbocycles. The fraction of sp³-hybridized carbons (Fsp3) is 0.562. The van der Waals surface area contributed by atoms with Crippen LogP contribution in [0, 0.1) is 5.92 Å². The maximum Gasteiger partial charge on any atom is 0.230 e. The van der Waals surface area contributed by atoms with Crippen molar-refractivity contribution in [1.82, 2.24) is 4.90 Å². The molecule has 1 aromatic rings. The van der Waals surface area contributed by atoms with Gasteiger partial charge in [0.05, 0.1) is 40.7 Å². The summed E-state index contributed by atoms with van der Waals surface area (Å²) in [7, 11) is 1.61. The van der Waals surface area contributed by atoms with E-state index in [1.54, 1.807) is 7.11 Å². The Kier molecular flexibility index (Phi) is 5.75. The quantitative estimate of drug-likeness (QED) is 0.457. The van der Waals surface area contributed by atoms with Crippen molar-refractivity contribution in [2.24, 2.45) is 5.92 Å². The highest BCUT2D eigenvalue weighted by Gasteiger charge is 2.58. The van der Waals surface area contributed by atoms with Gasteiger partial charge >= 0.3 is 0 Å². The zero-order valence-corrected chi connectivity index (χ0v) is 15.4. The van der Waals surface area contributed by atoms with E-state index in [0.717, 1.165) is 5.75 Å². The van der Waals surface area contributed by atoms with Gasteiger partial charge in [0, 0.05) is 12.7 Å². The number of aromatic nitrogens is 1. The number of pyridine rings is 1. The standard InChI is InChI=1S/C16H20N2O5S2/c1-23-10-3-2-5-17(9-10)6-8-24-16-12(15(21)22)18-13(20)11(4-7-19)14(18)25-16/h2-3,5,9,11-12,14,16,19H,4,6-8H2,1H3/t11-,12?,14?,16?/m0/s1. The number of amides is 1. The molecule has 0 spiro atoms. The zero-order chi connectivity index (χ0) is 18.0. The summed E-state index contributed by atoms with van der Waals surface area (Å²) in [5, 5.41) is 20.4. The second-order valence-corrected chi connectivity index (χ2v) is 8.69. The molecule has 2 aliphatic rings. The van der Waals surface area contributed by atoms with E-state index in [9.17, 15) is 14.7 Å². The first-order valence-electron chi connectivity index (χ1n) is 8.01. The van der Waals surface area contributed by atoms with Gasteiger partial charge in [-0.15, -0.1) is 23.5 Å². The average molecular weight is 384 g/mol. The lowest BCUT2D eigenvalue weighted by Crippen LogP contribution is -2.63. The topological polar surface area (TPSA) is 93.8 Å². The van der Waals surface area contributed by atoms with Gasteiger partial charge in [-0.05, 0) is 12.5 Å². The Morgan fingerprint density at radius 3 is 3.04 bits per heavy atom. The molecule has 1 aromatic heterocycles. The molecule has 0 aromatic carbocycles. The SMILES string of the molecule is COc1ccc[n+](CCSC2SC3[C@@H](CCO)C(=O)N3C2C(=O)[O-])c1. The van der Waals surface area contributed by atoms with Crippen molar-refractivity contribution >= 4 is 35.4 Å². The number of methoxy groups -OCH3 is 1. The van der Waals surface area contributed by atoms with Crippen LogP contribution in [0.2, 0.25) is 0 Å². The number of aryl methyl sites for hydroxylation is 1. The van der Waals surface area contributed by atoms with Crippen LogP contribution in [0.4, 0.5) is 0 Å². The molecule has 2 aliphatic heterocycles. The number of aliphatic hydroxyl groups is 1. The number of aliphatic hydroxyl groups excluding tert-OH is 1. The van der Waals surface area contributed by atoms with E-state index >= 15 is 0 Å². The van der Waals surface area contributed by atoms with Gasteiger partial charge in [0.1, 0.15) is 0 Å². The minimum Gasteiger partial charge on any atom is -0.548 e. The highest BCUT2D eigenvalue weighted by Crippen LogP contribution is 2.51. The molecule has 2 fully saturated rings. The molecule has 0 saturated carbocycles. The Bertz CT molecular complexity index is 659. The van der Waals surface area contributed by atoms with Crippen molar-refractivity contribution < 1.29 is 29.1 Å². The van der Waals surface area contributed by atoms with E-state index in [4.69, 9.17) is 9.84 Å². The molecule has 3 unspecified atom stereocenters. The summed E-state index contributed by atoms with van der Waals surface area (Å²) in [5.74, 6) is -0.214. The summed E-state index contributed by atoms with van der Waals surface area (Å²) in [4.78, 5) is 25.1. The van der Waals surface area contributed by atoms with Crippen molar-refractivity contribution in [1.29, 1.82) is 0 Å². The second-order valence-electron chi connectivity index (χ2n) is 5.88. The molecule has 0 radical (unpaired) electrons. The van der Waals surface area contributed by atoms with E-state index in [2.05, 4.69) is 0 Å². The number of thioether (sulfide) groups is 2. The van der Waals surface area contributed by atoms with Crippen LogP contribution in [0.1, 0.15) is 6.42 Å². The number of rotatable bonds is 8. The van der Waals surface area contributed by atoms with Gasteiger partial charge in [0.25, 0.3) is 0 Å². The Labute approximate surface area is 154 Å². The molecule has 9 heteroatoms. The number of carboxylic acid groups (broad SMARTS) is 1. The number of hydrogen-bond acceptors (Lipinski definition) is 7. The summed E-state index contributed by atoms with van der Waals surface area (Å²) in [6.45, 7) is 0.638. The third-order valence-corrected chi connectivity index (χ3v) is 7.51. The van der Waals surface area contributed by atoms with Gasteiger partial charge in [-0.25, -0.2) is 4.57 Å². The summed E-state index contributed by atoms with van der Waals surface area (Å²) in [5.41, 5.74) is 0. The van der Waals surface area contributed by atoms with E-state index in [1.165, 1.54) is 28.4 Å². The first-order valence-corrected chi connectivity index (χ1v) is 10.00. The first kappa shape index (κ1) is 18.3. The van der Waals surface area contributed by atoms with Crippen LogP contribution in [-0.4, -0.2) is 57.4 Å². The van der Waals surface area contributed by atoms with Crippen LogP contribution in [0.25, 0.3) is 0 Å². The zero-order valence-electron chi connectivity index (χ0n) is 13.7. The molecule has 1 N–H and O–H groups in total. The number of aliphatic carboxylic acids is 1. The van der Waals surface area contributed by atoms with Crippen LogP contribution in [-0.2, 0) is 16.1 Å². The summed E-state index contributed by atoms with van der Waals surface area (Å²) in [6.07, 6.45) is 4.19. The number of nitrogens with zero attached hydrogens (tertiary/aromatic N) is 2. The Morgan fingerprint density at radius 1 is 1.56 bits per heavy atom. The molecule has 25 heavy (non-hydrogen) atoms. The Hall–Kier alpha value is -1.45. The smallest absolute Gasteiger partial charge is 0.230 e. The van der Waals surface area contributed by atoms with Gasteiger partial charge in [0.15, 0.2) is 18.5 Å². The normalized spacial score (nSPS) is 27.8. The van der Waals surface area contributed by atoms with E-state index in [-0.39, 0.29) is 28.4 Å². The minimum absolute atomic E-state index is 0.0679. The lowest BCUT2D eigenvalue weighted by Gasteiger charge is -2.44. The second kappa shape index (κ2) is 7.84. The van der Waals surface area contributed by atoms with E-state index < -0.39 is 12.0 Å². The lowest BCUT2D eigenvalue weighted by atomic mass is 9.93. The number of carbonyl (C=O) groups is 2. The molecule has 4 atom stereocenters. The van der Waals surface area contributed by atoms with Gasteiger partial charge in [-0.1, -0.05) is 0 Å². The molecule has 3 heterocycles. The largest absolute Gasteiger partial charge is 0.548 e. The highest BCUT2D eigenvalue weighted by molar-refractivity contribution is 8.17. The summed E-state index contributed by atoms with van der Waals surface area (Å²) < 4.78 is 6.91. The predicted octanol–water partition coefficient (Wildman–Crippen LogP) is -0.926. The molecule has 7 nitrogen and oxygen atoms in total. The third-order valence-electron chi connectivity index (χ3n) is 4.40. The fourth-order valence-corrected chi connectivity index (χ4v) is 6.53. The molecular formula is C16H20N2O5S2. The predicted molar refractivity (Wildman–Crippen MR) is 91.6 cm³/mol. The molecular weight excluding hydrogens is 364 g/mol. The minimum atomic E-state index is -1.21. The molecule has 0 bridgehead atoms. The average Bonchev–Trinajstić information content (AvgIpc) is 2.95.